The predicted octanol–water partition coefficient (Wildman–Crippen LogP) is 2.36. The maximum atomic E-state index is 13.6. The molecule has 1 unspecified atom stereocenters. The molecule has 2 aromatic carbocycles. The normalized spacial score (nSPS) is 18.9. The molecule has 2 aromatic rings. The molecule has 132 valence electrons. The van der Waals surface area contributed by atoms with Crippen LogP contribution in [0.2, 0.25) is 0 Å². The number of sulfonamides is 1. The van der Waals surface area contributed by atoms with Gasteiger partial charge in [0.25, 0.3) is 0 Å². The number of nitrogens with zero attached hydrogens (tertiary/aromatic N) is 1. The molecule has 0 amide bonds. The highest BCUT2D eigenvalue weighted by molar-refractivity contribution is 7.89. The second-order valence-corrected chi connectivity index (χ2v) is 7.87. The standard InChI is InChI=1S/C18H19FN2O3S/c1-13(22)14-4-3-7-17(11-14)25(23,24)21-9-8-20-12-18(21)15-5-2-6-16(19)10-15/h2-7,10-11,18,20H,8-9,12H2,1H3. The molecule has 0 bridgehead atoms. The summed E-state index contributed by atoms with van der Waals surface area (Å²) in [7, 11) is -3.81. The van der Waals surface area contributed by atoms with Gasteiger partial charge in [0.15, 0.2) is 5.78 Å². The number of carbonyl (C=O) groups is 1. The fraction of sp³-hybridized carbons (Fsp3) is 0.278. The zero-order valence-electron chi connectivity index (χ0n) is 13.8. The SMILES string of the molecule is CC(=O)c1cccc(S(=O)(=O)N2CCNCC2c2cccc(F)c2)c1. The second-order valence-electron chi connectivity index (χ2n) is 5.97. The average Bonchev–Trinajstić information content (AvgIpc) is 2.62. The van der Waals surface area contributed by atoms with Crippen molar-refractivity contribution in [3.8, 4) is 0 Å². The molecule has 0 aliphatic carbocycles. The van der Waals surface area contributed by atoms with E-state index in [9.17, 15) is 17.6 Å². The molecule has 0 spiro atoms. The summed E-state index contributed by atoms with van der Waals surface area (Å²) in [5, 5.41) is 3.15. The number of Topliss-reactive ketones (excluding diaryl/α,β-unsaturated/α-hetero) is 1. The summed E-state index contributed by atoms with van der Waals surface area (Å²) in [6, 6.07) is 11.5. The fourth-order valence-corrected chi connectivity index (χ4v) is 4.64. The summed E-state index contributed by atoms with van der Waals surface area (Å²) in [6.45, 7) is 2.58. The van der Waals surface area contributed by atoms with Crippen molar-refractivity contribution in [3.63, 3.8) is 0 Å². The van der Waals surface area contributed by atoms with E-state index in [1.807, 2.05) is 0 Å². The van der Waals surface area contributed by atoms with E-state index < -0.39 is 21.9 Å². The summed E-state index contributed by atoms with van der Waals surface area (Å²) in [6.07, 6.45) is 0. The lowest BCUT2D eigenvalue weighted by Crippen LogP contribution is -2.48. The molecule has 1 aliphatic heterocycles. The number of benzene rings is 2. The number of hydrogen-bond acceptors (Lipinski definition) is 4. The van der Waals surface area contributed by atoms with E-state index in [0.717, 1.165) is 0 Å². The van der Waals surface area contributed by atoms with Crippen molar-refractivity contribution in [3.05, 3.63) is 65.5 Å². The molecule has 0 aromatic heterocycles. The van der Waals surface area contributed by atoms with E-state index in [0.29, 0.717) is 24.2 Å². The van der Waals surface area contributed by atoms with Gasteiger partial charge in [-0.05, 0) is 36.8 Å². The molecule has 1 saturated heterocycles. The van der Waals surface area contributed by atoms with Gasteiger partial charge in [-0.3, -0.25) is 4.79 Å². The third kappa shape index (κ3) is 3.63. The summed E-state index contributed by atoms with van der Waals surface area (Å²) in [4.78, 5) is 11.6. The summed E-state index contributed by atoms with van der Waals surface area (Å²) in [5.41, 5.74) is 0.942. The first kappa shape index (κ1) is 17.7. The second kappa shape index (κ2) is 7.03. The Hall–Kier alpha value is -2.09. The molecule has 5 nitrogen and oxygen atoms in total. The van der Waals surface area contributed by atoms with Gasteiger partial charge in [0, 0.05) is 25.2 Å². The highest BCUT2D eigenvalue weighted by Gasteiger charge is 2.34. The Morgan fingerprint density at radius 1 is 1.20 bits per heavy atom. The van der Waals surface area contributed by atoms with Crippen molar-refractivity contribution in [1.82, 2.24) is 9.62 Å². The Kier molecular flexibility index (Phi) is 4.99. The Balaban J connectivity index is 2.02. The van der Waals surface area contributed by atoms with Gasteiger partial charge in [0.2, 0.25) is 10.0 Å². The topological polar surface area (TPSA) is 66.5 Å². The van der Waals surface area contributed by atoms with Gasteiger partial charge >= 0.3 is 0 Å². The van der Waals surface area contributed by atoms with Gasteiger partial charge in [-0.25, -0.2) is 12.8 Å². The summed E-state index contributed by atoms with van der Waals surface area (Å²) >= 11 is 0. The van der Waals surface area contributed by atoms with E-state index in [1.165, 1.54) is 35.5 Å². The zero-order valence-corrected chi connectivity index (χ0v) is 14.6. The van der Waals surface area contributed by atoms with Crippen LogP contribution in [0.1, 0.15) is 28.9 Å². The van der Waals surface area contributed by atoms with Crippen LogP contribution in [0.3, 0.4) is 0 Å². The first-order valence-corrected chi connectivity index (χ1v) is 9.42. The van der Waals surface area contributed by atoms with Gasteiger partial charge in [0.1, 0.15) is 5.82 Å². The van der Waals surface area contributed by atoms with E-state index in [2.05, 4.69) is 5.32 Å². The number of carbonyl (C=O) groups excluding carboxylic acids is 1. The number of nitrogens with one attached hydrogen (secondary N) is 1. The van der Waals surface area contributed by atoms with Gasteiger partial charge < -0.3 is 5.32 Å². The molecule has 1 fully saturated rings. The van der Waals surface area contributed by atoms with Crippen LogP contribution in [-0.2, 0) is 10.0 Å². The number of hydrogen-bond donors (Lipinski definition) is 1. The molecule has 1 heterocycles. The first-order valence-electron chi connectivity index (χ1n) is 7.98. The highest BCUT2D eigenvalue weighted by atomic mass is 32.2. The van der Waals surface area contributed by atoms with Crippen molar-refractivity contribution >= 4 is 15.8 Å². The molecule has 3 rings (SSSR count). The molecule has 25 heavy (non-hydrogen) atoms. The van der Waals surface area contributed by atoms with Crippen molar-refractivity contribution in [2.75, 3.05) is 19.6 Å². The van der Waals surface area contributed by atoms with Crippen molar-refractivity contribution < 1.29 is 17.6 Å². The first-order chi connectivity index (χ1) is 11.9. The Morgan fingerprint density at radius 3 is 2.68 bits per heavy atom. The van der Waals surface area contributed by atoms with E-state index >= 15 is 0 Å². The molecule has 1 atom stereocenters. The monoisotopic (exact) mass is 362 g/mol. The van der Waals surface area contributed by atoms with Crippen molar-refractivity contribution in [2.24, 2.45) is 0 Å². The number of ketones is 1. The van der Waals surface area contributed by atoms with Crippen LogP contribution in [0, 0.1) is 5.82 Å². The molecule has 1 N–H and O–H groups in total. The van der Waals surface area contributed by atoms with Crippen LogP contribution >= 0.6 is 0 Å². The third-order valence-electron chi connectivity index (χ3n) is 4.27. The van der Waals surface area contributed by atoms with E-state index in [1.54, 1.807) is 24.3 Å². The van der Waals surface area contributed by atoms with Gasteiger partial charge in [-0.2, -0.15) is 4.31 Å². The molecular weight excluding hydrogens is 343 g/mol. The molecule has 1 aliphatic rings. The van der Waals surface area contributed by atoms with E-state index in [4.69, 9.17) is 0 Å². The van der Waals surface area contributed by atoms with Crippen LogP contribution in [0.4, 0.5) is 4.39 Å². The van der Waals surface area contributed by atoms with Crippen LogP contribution in [0.25, 0.3) is 0 Å². The van der Waals surface area contributed by atoms with Crippen molar-refractivity contribution in [2.45, 2.75) is 17.9 Å². The molecule has 7 heteroatoms. The Bertz CT molecular complexity index is 899. The summed E-state index contributed by atoms with van der Waals surface area (Å²) < 4.78 is 41.2. The van der Waals surface area contributed by atoms with Crippen LogP contribution in [-0.4, -0.2) is 38.1 Å². The number of rotatable bonds is 4. The maximum absolute atomic E-state index is 13.6. The minimum Gasteiger partial charge on any atom is -0.313 e. The Morgan fingerprint density at radius 2 is 1.96 bits per heavy atom. The quantitative estimate of drug-likeness (QED) is 0.848. The molecule has 0 saturated carbocycles. The van der Waals surface area contributed by atoms with E-state index in [-0.39, 0.29) is 17.2 Å². The lowest BCUT2D eigenvalue weighted by molar-refractivity contribution is 0.101. The van der Waals surface area contributed by atoms with Crippen molar-refractivity contribution in [1.29, 1.82) is 0 Å². The van der Waals surface area contributed by atoms with Crippen LogP contribution < -0.4 is 5.32 Å². The van der Waals surface area contributed by atoms with Gasteiger partial charge in [0.05, 0.1) is 10.9 Å². The zero-order chi connectivity index (χ0) is 18.0. The fourth-order valence-electron chi connectivity index (χ4n) is 2.98. The molecule has 0 radical (unpaired) electrons. The molecular formula is C18H19FN2O3S. The lowest BCUT2D eigenvalue weighted by Gasteiger charge is -2.35. The Labute approximate surface area is 146 Å². The maximum Gasteiger partial charge on any atom is 0.243 e. The average molecular weight is 362 g/mol. The van der Waals surface area contributed by atoms with Gasteiger partial charge in [-0.15, -0.1) is 0 Å². The third-order valence-corrected chi connectivity index (χ3v) is 6.18. The minimum absolute atomic E-state index is 0.0727. The number of halogens is 1. The van der Waals surface area contributed by atoms with Gasteiger partial charge in [-0.1, -0.05) is 24.3 Å². The van der Waals surface area contributed by atoms with Crippen LogP contribution in [0.15, 0.2) is 53.4 Å². The van der Waals surface area contributed by atoms with Crippen LogP contribution in [0.5, 0.6) is 0 Å². The smallest absolute Gasteiger partial charge is 0.243 e. The minimum atomic E-state index is -3.81. The predicted molar refractivity (Wildman–Crippen MR) is 92.3 cm³/mol. The summed E-state index contributed by atoms with van der Waals surface area (Å²) in [5.74, 6) is -0.599. The largest absolute Gasteiger partial charge is 0.313 e. The lowest BCUT2D eigenvalue weighted by atomic mass is 10.1. The highest BCUT2D eigenvalue weighted by Crippen LogP contribution is 2.29. The number of piperazine rings is 1.